The Morgan fingerprint density at radius 2 is 1.69 bits per heavy atom. The maximum Gasteiger partial charge on any atom is 0.226 e. The molecule has 0 atom stereocenters. The molecule has 3 rings (SSSR count). The number of hydrogen-bond donors (Lipinski definition) is 2. The zero-order valence-electron chi connectivity index (χ0n) is 14.1. The van der Waals surface area contributed by atoms with Gasteiger partial charge in [-0.25, -0.2) is 4.39 Å². The predicted octanol–water partition coefficient (Wildman–Crippen LogP) is 5.06. The second kappa shape index (κ2) is 8.67. The average molecular weight is 350 g/mol. The van der Waals surface area contributed by atoms with Crippen molar-refractivity contribution in [3.05, 3.63) is 84.7 Å². The Labute approximate surface area is 151 Å². The SMILES string of the molecule is O=C(CCNc1cccc(F)c1)Nc1ccccc1Oc1ccccc1. The summed E-state index contributed by atoms with van der Waals surface area (Å²) in [6.07, 6.45) is 0.246. The highest BCUT2D eigenvalue weighted by Gasteiger charge is 2.08. The fourth-order valence-electron chi connectivity index (χ4n) is 2.41. The van der Waals surface area contributed by atoms with Crippen LogP contribution in [-0.2, 0) is 4.79 Å². The summed E-state index contributed by atoms with van der Waals surface area (Å²) in [5.74, 6) is 0.802. The molecule has 3 aromatic rings. The van der Waals surface area contributed by atoms with Crippen molar-refractivity contribution >= 4 is 17.3 Å². The lowest BCUT2D eigenvalue weighted by Crippen LogP contribution is -2.16. The third-order valence-electron chi connectivity index (χ3n) is 3.64. The molecule has 3 aromatic carbocycles. The zero-order chi connectivity index (χ0) is 18.2. The lowest BCUT2D eigenvalue weighted by Gasteiger charge is -2.12. The van der Waals surface area contributed by atoms with Gasteiger partial charge in [0, 0.05) is 18.7 Å². The van der Waals surface area contributed by atoms with Crippen molar-refractivity contribution in [1.29, 1.82) is 0 Å². The maximum absolute atomic E-state index is 13.1. The van der Waals surface area contributed by atoms with Gasteiger partial charge in [0.15, 0.2) is 5.75 Å². The van der Waals surface area contributed by atoms with E-state index in [2.05, 4.69) is 10.6 Å². The summed E-state index contributed by atoms with van der Waals surface area (Å²) in [7, 11) is 0. The van der Waals surface area contributed by atoms with Crippen LogP contribution in [0.4, 0.5) is 15.8 Å². The van der Waals surface area contributed by atoms with Crippen molar-refractivity contribution in [2.45, 2.75) is 6.42 Å². The summed E-state index contributed by atoms with van der Waals surface area (Å²) < 4.78 is 19.0. The molecule has 0 saturated carbocycles. The smallest absolute Gasteiger partial charge is 0.226 e. The summed E-state index contributed by atoms with van der Waals surface area (Å²) in [6, 6.07) is 22.8. The van der Waals surface area contributed by atoms with Gasteiger partial charge in [0.1, 0.15) is 11.6 Å². The Kier molecular flexibility index (Phi) is 5.83. The molecule has 4 nitrogen and oxygen atoms in total. The van der Waals surface area contributed by atoms with Gasteiger partial charge in [-0.05, 0) is 42.5 Å². The van der Waals surface area contributed by atoms with Gasteiger partial charge < -0.3 is 15.4 Å². The minimum Gasteiger partial charge on any atom is -0.455 e. The van der Waals surface area contributed by atoms with E-state index in [0.717, 1.165) is 0 Å². The van der Waals surface area contributed by atoms with Crippen molar-refractivity contribution in [3.8, 4) is 11.5 Å². The molecule has 0 spiro atoms. The summed E-state index contributed by atoms with van der Waals surface area (Å²) in [5, 5.41) is 5.87. The molecule has 0 aliphatic rings. The number of nitrogens with one attached hydrogen (secondary N) is 2. The van der Waals surface area contributed by atoms with E-state index in [1.54, 1.807) is 24.3 Å². The van der Waals surface area contributed by atoms with E-state index in [1.807, 2.05) is 42.5 Å². The molecule has 0 saturated heterocycles. The first-order chi connectivity index (χ1) is 12.7. The van der Waals surface area contributed by atoms with Crippen LogP contribution in [-0.4, -0.2) is 12.5 Å². The highest BCUT2D eigenvalue weighted by molar-refractivity contribution is 5.92. The topological polar surface area (TPSA) is 50.4 Å². The minimum atomic E-state index is -0.313. The third kappa shape index (κ3) is 5.08. The van der Waals surface area contributed by atoms with E-state index in [4.69, 9.17) is 4.74 Å². The van der Waals surface area contributed by atoms with E-state index in [0.29, 0.717) is 29.4 Å². The van der Waals surface area contributed by atoms with E-state index in [-0.39, 0.29) is 18.1 Å². The molecule has 26 heavy (non-hydrogen) atoms. The molecule has 0 aliphatic heterocycles. The number of ether oxygens (including phenoxy) is 1. The summed E-state index contributed by atoms with van der Waals surface area (Å²) >= 11 is 0. The first-order valence-corrected chi connectivity index (χ1v) is 8.32. The summed E-state index contributed by atoms with van der Waals surface area (Å²) in [4.78, 5) is 12.2. The highest BCUT2D eigenvalue weighted by atomic mass is 19.1. The van der Waals surface area contributed by atoms with Gasteiger partial charge in [0.05, 0.1) is 5.69 Å². The molecule has 2 N–H and O–H groups in total. The Hall–Kier alpha value is -3.34. The van der Waals surface area contributed by atoms with E-state index in [9.17, 15) is 9.18 Å². The standard InChI is InChI=1S/C21H19FN2O2/c22-16-7-6-8-17(15-16)23-14-13-21(25)24-19-11-4-5-12-20(19)26-18-9-2-1-3-10-18/h1-12,15,23H,13-14H2,(H,24,25). The average Bonchev–Trinajstić information content (AvgIpc) is 2.64. The van der Waals surface area contributed by atoms with Crippen LogP contribution in [0.5, 0.6) is 11.5 Å². The molecule has 132 valence electrons. The van der Waals surface area contributed by atoms with E-state index < -0.39 is 0 Å². The second-order valence-corrected chi connectivity index (χ2v) is 5.65. The van der Waals surface area contributed by atoms with Crippen molar-refractivity contribution in [2.75, 3.05) is 17.2 Å². The molecule has 0 aromatic heterocycles. The lowest BCUT2D eigenvalue weighted by molar-refractivity contribution is -0.116. The van der Waals surface area contributed by atoms with Crippen LogP contribution in [0, 0.1) is 5.82 Å². The molecule has 0 heterocycles. The van der Waals surface area contributed by atoms with E-state index >= 15 is 0 Å². The quantitative estimate of drug-likeness (QED) is 0.626. The Bertz CT molecular complexity index is 869. The first kappa shape index (κ1) is 17.5. The maximum atomic E-state index is 13.1. The summed E-state index contributed by atoms with van der Waals surface area (Å²) in [5.41, 5.74) is 1.25. The Balaban J connectivity index is 1.56. The molecular formula is C21H19FN2O2. The first-order valence-electron chi connectivity index (χ1n) is 8.32. The fourth-order valence-corrected chi connectivity index (χ4v) is 2.41. The van der Waals surface area contributed by atoms with E-state index in [1.165, 1.54) is 12.1 Å². The molecule has 0 fully saturated rings. The highest BCUT2D eigenvalue weighted by Crippen LogP contribution is 2.29. The number of halogens is 1. The van der Waals surface area contributed by atoms with Crippen LogP contribution in [0.15, 0.2) is 78.9 Å². The van der Waals surface area contributed by atoms with Gasteiger partial charge >= 0.3 is 0 Å². The molecule has 0 bridgehead atoms. The molecule has 5 heteroatoms. The van der Waals surface area contributed by atoms with Gasteiger partial charge in [0.2, 0.25) is 5.91 Å². The Morgan fingerprint density at radius 1 is 0.923 bits per heavy atom. The monoisotopic (exact) mass is 350 g/mol. The van der Waals surface area contributed by atoms with Crippen molar-refractivity contribution in [1.82, 2.24) is 0 Å². The predicted molar refractivity (Wildman–Crippen MR) is 101 cm³/mol. The van der Waals surface area contributed by atoms with Gasteiger partial charge in [-0.15, -0.1) is 0 Å². The van der Waals surface area contributed by atoms with Crippen LogP contribution in [0.2, 0.25) is 0 Å². The number of carbonyl (C=O) groups excluding carboxylic acids is 1. The van der Waals surface area contributed by atoms with Crippen LogP contribution in [0.3, 0.4) is 0 Å². The molecule has 0 unspecified atom stereocenters. The molecule has 1 amide bonds. The number of carbonyl (C=O) groups is 1. The molecule has 0 radical (unpaired) electrons. The molecular weight excluding hydrogens is 331 g/mol. The van der Waals surface area contributed by atoms with Gasteiger partial charge in [-0.2, -0.15) is 0 Å². The minimum absolute atomic E-state index is 0.155. The van der Waals surface area contributed by atoms with Gasteiger partial charge in [-0.3, -0.25) is 4.79 Å². The van der Waals surface area contributed by atoms with Crippen molar-refractivity contribution < 1.29 is 13.9 Å². The van der Waals surface area contributed by atoms with Gasteiger partial charge in [-0.1, -0.05) is 36.4 Å². The number of rotatable bonds is 7. The fraction of sp³-hybridized carbons (Fsp3) is 0.0952. The molecule has 0 aliphatic carbocycles. The number of anilines is 2. The number of benzene rings is 3. The van der Waals surface area contributed by atoms with Crippen LogP contribution in [0.1, 0.15) is 6.42 Å². The number of para-hydroxylation sites is 3. The van der Waals surface area contributed by atoms with Gasteiger partial charge in [0.25, 0.3) is 0 Å². The van der Waals surface area contributed by atoms with Crippen molar-refractivity contribution in [2.24, 2.45) is 0 Å². The lowest BCUT2D eigenvalue weighted by atomic mass is 10.2. The normalized spacial score (nSPS) is 10.2. The van der Waals surface area contributed by atoms with Crippen LogP contribution >= 0.6 is 0 Å². The Morgan fingerprint density at radius 3 is 2.50 bits per heavy atom. The summed E-state index contributed by atoms with van der Waals surface area (Å²) in [6.45, 7) is 0.400. The van der Waals surface area contributed by atoms with Crippen LogP contribution in [0.25, 0.3) is 0 Å². The number of hydrogen-bond acceptors (Lipinski definition) is 3. The van der Waals surface area contributed by atoms with Crippen LogP contribution < -0.4 is 15.4 Å². The second-order valence-electron chi connectivity index (χ2n) is 5.65. The van der Waals surface area contributed by atoms with Crippen molar-refractivity contribution in [3.63, 3.8) is 0 Å². The third-order valence-corrected chi connectivity index (χ3v) is 3.64. The zero-order valence-corrected chi connectivity index (χ0v) is 14.1. The number of amides is 1. The largest absolute Gasteiger partial charge is 0.455 e.